The lowest BCUT2D eigenvalue weighted by Gasteiger charge is -2.61. The molecule has 0 radical (unpaired) electrons. The number of amides is 2. The van der Waals surface area contributed by atoms with Gasteiger partial charge in [0.1, 0.15) is 5.82 Å². The molecular weight excluding hydrogens is 319 g/mol. The third-order valence-electron chi connectivity index (χ3n) is 6.43. The summed E-state index contributed by atoms with van der Waals surface area (Å²) in [4.78, 5) is 24.9. The molecule has 0 aromatic heterocycles. The van der Waals surface area contributed by atoms with Crippen molar-refractivity contribution in [2.24, 2.45) is 17.3 Å². The van der Waals surface area contributed by atoms with Crippen LogP contribution in [0.5, 0.6) is 0 Å². The Hall–Kier alpha value is -1.91. The van der Waals surface area contributed by atoms with E-state index in [4.69, 9.17) is 0 Å². The Bertz CT molecular complexity index is 731. The Morgan fingerprint density at radius 3 is 2.48 bits per heavy atom. The lowest BCUT2D eigenvalue weighted by Crippen LogP contribution is -2.65. The predicted molar refractivity (Wildman–Crippen MR) is 93.4 cm³/mol. The van der Waals surface area contributed by atoms with Crippen LogP contribution in [0.2, 0.25) is 0 Å². The van der Waals surface area contributed by atoms with Crippen LogP contribution in [-0.2, 0) is 9.59 Å². The number of hydrogen-bond donors (Lipinski definition) is 2. The van der Waals surface area contributed by atoms with E-state index in [0.717, 1.165) is 37.7 Å². The first-order valence-corrected chi connectivity index (χ1v) is 9.16. The molecule has 4 aliphatic carbocycles. The van der Waals surface area contributed by atoms with Crippen LogP contribution >= 0.6 is 0 Å². The topological polar surface area (TPSA) is 58.2 Å². The van der Waals surface area contributed by atoms with Crippen molar-refractivity contribution < 1.29 is 14.0 Å². The van der Waals surface area contributed by atoms with Crippen molar-refractivity contribution in [3.05, 3.63) is 29.6 Å². The predicted octanol–water partition coefficient (Wildman–Crippen LogP) is 3.55. The Balaban J connectivity index is 1.61. The summed E-state index contributed by atoms with van der Waals surface area (Å²) in [5.41, 5.74) is 0.737. The Labute approximate surface area is 147 Å². The molecule has 0 unspecified atom stereocenters. The normalized spacial score (nSPS) is 35.5. The van der Waals surface area contributed by atoms with Crippen molar-refractivity contribution in [3.63, 3.8) is 0 Å². The fraction of sp³-hybridized carbons (Fsp3) is 0.600. The van der Waals surface area contributed by atoms with Gasteiger partial charge in [0, 0.05) is 18.2 Å². The van der Waals surface area contributed by atoms with Gasteiger partial charge >= 0.3 is 0 Å². The molecule has 4 fully saturated rings. The van der Waals surface area contributed by atoms with Crippen molar-refractivity contribution in [1.29, 1.82) is 0 Å². The van der Waals surface area contributed by atoms with Crippen LogP contribution in [0.15, 0.2) is 18.2 Å². The SMILES string of the molecule is CC(=O)NC12C[C@H]3C[C@H](C1)CC(C(=O)Nc1cc(F)ccc1C)(C3)C2. The quantitative estimate of drug-likeness (QED) is 0.881. The highest BCUT2D eigenvalue weighted by Gasteiger charge is 2.60. The summed E-state index contributed by atoms with van der Waals surface area (Å²) in [6.07, 6.45) is 5.59. The maximum Gasteiger partial charge on any atom is 0.230 e. The Kier molecular flexibility index (Phi) is 3.67. The highest BCUT2D eigenvalue weighted by atomic mass is 19.1. The van der Waals surface area contributed by atoms with Gasteiger partial charge in [-0.1, -0.05) is 6.07 Å². The fourth-order valence-corrected chi connectivity index (χ4v) is 6.03. The largest absolute Gasteiger partial charge is 0.351 e. The number of nitrogens with one attached hydrogen (secondary N) is 2. The van der Waals surface area contributed by atoms with E-state index in [1.807, 2.05) is 6.92 Å². The lowest BCUT2D eigenvalue weighted by molar-refractivity contribution is -0.148. The first-order chi connectivity index (χ1) is 11.8. The Morgan fingerprint density at radius 2 is 1.84 bits per heavy atom. The number of carbonyl (C=O) groups excluding carboxylic acids is 2. The van der Waals surface area contributed by atoms with Crippen LogP contribution in [0.3, 0.4) is 0 Å². The van der Waals surface area contributed by atoms with Crippen molar-refractivity contribution in [3.8, 4) is 0 Å². The van der Waals surface area contributed by atoms with Crippen molar-refractivity contribution in [2.45, 2.75) is 57.9 Å². The number of hydrogen-bond acceptors (Lipinski definition) is 2. The second kappa shape index (κ2) is 5.55. The van der Waals surface area contributed by atoms with Gasteiger partial charge in [0.05, 0.1) is 5.41 Å². The van der Waals surface area contributed by atoms with Gasteiger partial charge in [0.2, 0.25) is 11.8 Å². The molecule has 0 aliphatic heterocycles. The van der Waals surface area contributed by atoms with E-state index in [1.54, 1.807) is 13.0 Å². The van der Waals surface area contributed by atoms with E-state index in [-0.39, 0.29) is 23.2 Å². The van der Waals surface area contributed by atoms with Crippen molar-refractivity contribution in [1.82, 2.24) is 5.32 Å². The average Bonchev–Trinajstić information content (AvgIpc) is 2.48. The molecule has 0 heterocycles. The molecule has 5 heteroatoms. The minimum absolute atomic E-state index is 0.00923. The van der Waals surface area contributed by atoms with Gasteiger partial charge in [-0.15, -0.1) is 0 Å². The highest BCUT2D eigenvalue weighted by molar-refractivity contribution is 5.96. The molecule has 0 saturated heterocycles. The van der Waals surface area contributed by atoms with Crippen molar-refractivity contribution in [2.75, 3.05) is 5.32 Å². The molecular formula is C20H25FN2O2. The van der Waals surface area contributed by atoms with E-state index in [9.17, 15) is 14.0 Å². The smallest absolute Gasteiger partial charge is 0.230 e. The molecule has 2 atom stereocenters. The van der Waals surface area contributed by atoms with E-state index >= 15 is 0 Å². The maximum atomic E-state index is 13.6. The number of halogens is 1. The van der Waals surface area contributed by atoms with Gasteiger partial charge in [-0.25, -0.2) is 4.39 Å². The third-order valence-corrected chi connectivity index (χ3v) is 6.43. The fourth-order valence-electron chi connectivity index (χ4n) is 6.03. The van der Waals surface area contributed by atoms with Crippen molar-refractivity contribution >= 4 is 17.5 Å². The zero-order valence-corrected chi connectivity index (χ0v) is 14.8. The summed E-state index contributed by atoms with van der Waals surface area (Å²) in [5.74, 6) is 0.615. The molecule has 1 aromatic rings. The van der Waals surface area contributed by atoms with Crippen LogP contribution in [0.1, 0.15) is 51.0 Å². The van der Waals surface area contributed by atoms with Crippen LogP contribution in [0.4, 0.5) is 10.1 Å². The van der Waals surface area contributed by atoms with Crippen LogP contribution in [-0.4, -0.2) is 17.4 Å². The van der Waals surface area contributed by atoms with Gasteiger partial charge in [-0.2, -0.15) is 0 Å². The molecule has 4 bridgehead atoms. The minimum Gasteiger partial charge on any atom is -0.351 e. The minimum atomic E-state index is -0.439. The number of benzene rings is 1. The molecule has 4 nitrogen and oxygen atoms in total. The van der Waals surface area contributed by atoms with Gasteiger partial charge in [-0.05, 0) is 75.0 Å². The van der Waals surface area contributed by atoms with E-state index < -0.39 is 5.41 Å². The van der Waals surface area contributed by atoms with Gasteiger partial charge < -0.3 is 10.6 Å². The first kappa shape index (κ1) is 16.6. The van der Waals surface area contributed by atoms with Gasteiger partial charge in [0.25, 0.3) is 0 Å². The number of carbonyl (C=O) groups is 2. The summed E-state index contributed by atoms with van der Waals surface area (Å²) in [6, 6.07) is 4.47. The van der Waals surface area contributed by atoms with Crippen LogP contribution in [0, 0.1) is 30.0 Å². The number of aryl methyl sites for hydroxylation is 1. The molecule has 0 spiro atoms. The zero-order valence-electron chi connectivity index (χ0n) is 14.8. The van der Waals surface area contributed by atoms with E-state index in [0.29, 0.717) is 23.9 Å². The Morgan fingerprint density at radius 1 is 1.16 bits per heavy atom. The lowest BCUT2D eigenvalue weighted by atomic mass is 9.46. The molecule has 5 rings (SSSR count). The first-order valence-electron chi connectivity index (χ1n) is 9.16. The van der Waals surface area contributed by atoms with Crippen LogP contribution in [0.25, 0.3) is 0 Å². The number of rotatable bonds is 3. The standard InChI is InChI=1S/C20H25FN2O2/c1-12-3-4-16(21)6-17(12)22-18(25)19-7-14-5-15(8-19)10-20(9-14,11-19)23-13(2)24/h3-4,6,14-15H,5,7-11H2,1-2H3,(H,22,25)(H,23,24)/t14-,15-,19?,20?/m0/s1. The molecule has 134 valence electrons. The molecule has 25 heavy (non-hydrogen) atoms. The summed E-state index contributed by atoms with van der Waals surface area (Å²) < 4.78 is 13.6. The summed E-state index contributed by atoms with van der Waals surface area (Å²) in [6.45, 7) is 3.43. The second-order valence-electron chi connectivity index (χ2n) is 8.62. The zero-order chi connectivity index (χ0) is 17.8. The maximum absolute atomic E-state index is 13.6. The monoisotopic (exact) mass is 344 g/mol. The highest BCUT2D eigenvalue weighted by Crippen LogP contribution is 2.61. The molecule has 2 N–H and O–H groups in total. The van der Waals surface area contributed by atoms with E-state index in [2.05, 4.69) is 10.6 Å². The summed E-state index contributed by atoms with van der Waals surface area (Å²) in [5, 5.41) is 6.16. The van der Waals surface area contributed by atoms with Gasteiger partial charge in [0.15, 0.2) is 0 Å². The van der Waals surface area contributed by atoms with Gasteiger partial charge in [-0.3, -0.25) is 9.59 Å². The molecule has 2 amide bonds. The third kappa shape index (κ3) is 2.83. The number of anilines is 1. The molecule has 4 saturated carbocycles. The van der Waals surface area contributed by atoms with E-state index in [1.165, 1.54) is 12.1 Å². The molecule has 4 aliphatic rings. The molecule has 1 aromatic carbocycles. The summed E-state index contributed by atoms with van der Waals surface area (Å²) >= 11 is 0. The second-order valence-corrected chi connectivity index (χ2v) is 8.62. The van der Waals surface area contributed by atoms with Crippen LogP contribution < -0.4 is 10.6 Å². The average molecular weight is 344 g/mol. The summed E-state index contributed by atoms with van der Waals surface area (Å²) in [7, 11) is 0.